The summed E-state index contributed by atoms with van der Waals surface area (Å²) in [6.45, 7) is 0. The summed E-state index contributed by atoms with van der Waals surface area (Å²) in [7, 11) is 0. The highest BCUT2D eigenvalue weighted by Crippen LogP contribution is 2.32. The largest absolute Gasteiger partial charge is 0.325 e. The van der Waals surface area contributed by atoms with Crippen LogP contribution in [0.2, 0.25) is 0 Å². The Kier molecular flexibility index (Phi) is 7.65. The van der Waals surface area contributed by atoms with Crippen LogP contribution in [0.25, 0.3) is 20.4 Å². The zero-order chi connectivity index (χ0) is 25.8. The molecule has 0 unspecified atom stereocenters. The smallest absolute Gasteiger partial charge is 0.292 e. The molecule has 2 aromatic heterocycles. The van der Waals surface area contributed by atoms with Crippen LogP contribution in [0, 0.1) is 10.1 Å². The van der Waals surface area contributed by atoms with Crippen molar-refractivity contribution < 1.29 is 14.5 Å². The maximum Gasteiger partial charge on any atom is 0.292 e. The number of nitrogens with one attached hydrogen (secondary N) is 2. The van der Waals surface area contributed by atoms with Gasteiger partial charge in [-0.1, -0.05) is 47.8 Å². The normalized spacial score (nSPS) is 11.0. The van der Waals surface area contributed by atoms with Gasteiger partial charge in [-0.3, -0.25) is 19.7 Å². The van der Waals surface area contributed by atoms with Crippen molar-refractivity contribution in [2.24, 2.45) is 0 Å². The number of fused-ring (bicyclic) bond motifs is 2. The molecule has 186 valence electrons. The molecule has 0 saturated heterocycles. The van der Waals surface area contributed by atoms with Crippen LogP contribution in [-0.4, -0.2) is 38.2 Å². The molecule has 0 spiro atoms. The van der Waals surface area contributed by atoms with Crippen molar-refractivity contribution in [3.05, 3.63) is 76.8 Å². The molecule has 3 aromatic carbocycles. The molecule has 9 nitrogen and oxygen atoms in total. The molecule has 0 saturated carbocycles. The number of amides is 2. The van der Waals surface area contributed by atoms with E-state index in [4.69, 9.17) is 0 Å². The first-order valence-electron chi connectivity index (χ1n) is 10.8. The highest BCUT2D eigenvalue weighted by molar-refractivity contribution is 8.02. The summed E-state index contributed by atoms with van der Waals surface area (Å²) in [6, 6.07) is 19.3. The van der Waals surface area contributed by atoms with Crippen molar-refractivity contribution in [2.45, 2.75) is 8.68 Å². The van der Waals surface area contributed by atoms with Gasteiger partial charge in [0.2, 0.25) is 11.8 Å². The highest BCUT2D eigenvalue weighted by Gasteiger charge is 2.16. The average Bonchev–Trinajstić information content (AvgIpc) is 3.49. The van der Waals surface area contributed by atoms with Crippen LogP contribution in [0.5, 0.6) is 0 Å². The molecule has 0 atom stereocenters. The number of nitro benzene ring substituents is 1. The molecule has 0 bridgehead atoms. The minimum absolute atomic E-state index is 0.0540. The molecule has 5 rings (SSSR count). The van der Waals surface area contributed by atoms with E-state index < -0.39 is 4.92 Å². The predicted molar refractivity (Wildman–Crippen MR) is 151 cm³/mol. The van der Waals surface area contributed by atoms with Gasteiger partial charge < -0.3 is 10.6 Å². The number of para-hydroxylation sites is 3. The number of thioether (sulfide) groups is 2. The topological polar surface area (TPSA) is 127 Å². The Morgan fingerprint density at radius 2 is 1.43 bits per heavy atom. The molecule has 0 aliphatic rings. The third kappa shape index (κ3) is 6.25. The summed E-state index contributed by atoms with van der Waals surface area (Å²) >= 11 is 5.61. The minimum atomic E-state index is -0.535. The molecular formula is C24H17N5O4S4. The second-order valence-corrected chi connectivity index (χ2v) is 12.1. The van der Waals surface area contributed by atoms with Crippen LogP contribution in [-0.2, 0) is 9.59 Å². The molecule has 37 heavy (non-hydrogen) atoms. The lowest BCUT2D eigenvalue weighted by atomic mass is 10.2. The fraction of sp³-hybridized carbons (Fsp3) is 0.0833. The SMILES string of the molecule is O=C(CSc1nc2ccccc2s1)Nc1ccc2nc(SCC(=O)Nc3ccccc3[N+](=O)[O-])sc2c1. The summed E-state index contributed by atoms with van der Waals surface area (Å²) in [5, 5.41) is 16.6. The van der Waals surface area contributed by atoms with Gasteiger partial charge in [0.15, 0.2) is 8.68 Å². The number of rotatable bonds is 9. The van der Waals surface area contributed by atoms with Gasteiger partial charge in [-0.25, -0.2) is 9.97 Å². The van der Waals surface area contributed by atoms with E-state index in [1.807, 2.05) is 36.4 Å². The Morgan fingerprint density at radius 1 is 0.811 bits per heavy atom. The number of nitro groups is 1. The standard InChI is InChI=1S/C24H17N5O4S4/c30-21(12-34-23-27-16-6-2-4-8-19(16)36-23)25-14-9-10-17-20(11-14)37-24(28-17)35-13-22(31)26-15-5-1-3-7-18(15)29(32)33/h1-11H,12-13H2,(H,25,30)(H,26,31). The number of benzene rings is 3. The number of hydrogen-bond donors (Lipinski definition) is 2. The third-order valence-electron chi connectivity index (χ3n) is 4.96. The van der Waals surface area contributed by atoms with Crippen LogP contribution in [0.1, 0.15) is 0 Å². The van der Waals surface area contributed by atoms with Crippen molar-refractivity contribution in [3.8, 4) is 0 Å². The van der Waals surface area contributed by atoms with Crippen LogP contribution in [0.15, 0.2) is 75.4 Å². The van der Waals surface area contributed by atoms with Gasteiger partial charge in [-0.15, -0.1) is 22.7 Å². The van der Waals surface area contributed by atoms with Crippen molar-refractivity contribution >= 4 is 95.5 Å². The molecule has 0 fully saturated rings. The Balaban J connectivity index is 1.16. The first-order chi connectivity index (χ1) is 17.9. The minimum Gasteiger partial charge on any atom is -0.325 e. The van der Waals surface area contributed by atoms with E-state index in [-0.39, 0.29) is 34.7 Å². The average molecular weight is 568 g/mol. The monoisotopic (exact) mass is 567 g/mol. The van der Waals surface area contributed by atoms with E-state index in [0.29, 0.717) is 10.0 Å². The molecule has 0 aliphatic carbocycles. The number of thiazole rings is 2. The zero-order valence-electron chi connectivity index (χ0n) is 18.9. The molecule has 13 heteroatoms. The van der Waals surface area contributed by atoms with E-state index in [1.54, 1.807) is 29.5 Å². The Hall–Kier alpha value is -3.52. The van der Waals surface area contributed by atoms with Gasteiger partial charge in [-0.2, -0.15) is 0 Å². The number of aromatic nitrogens is 2. The summed E-state index contributed by atoms with van der Waals surface area (Å²) < 4.78 is 3.50. The molecular weight excluding hydrogens is 551 g/mol. The fourth-order valence-corrected chi connectivity index (χ4v) is 7.11. The van der Waals surface area contributed by atoms with Crippen molar-refractivity contribution in [1.29, 1.82) is 0 Å². The predicted octanol–water partition coefficient (Wildman–Crippen LogP) is 6.28. The first kappa shape index (κ1) is 25.1. The van der Waals surface area contributed by atoms with E-state index in [9.17, 15) is 19.7 Å². The van der Waals surface area contributed by atoms with Gasteiger partial charge in [0.25, 0.3) is 5.69 Å². The fourth-order valence-electron chi connectivity index (χ4n) is 3.33. The Bertz CT molecular complexity index is 1600. The van der Waals surface area contributed by atoms with Crippen molar-refractivity contribution in [2.75, 3.05) is 22.1 Å². The lowest BCUT2D eigenvalue weighted by molar-refractivity contribution is -0.383. The van der Waals surface area contributed by atoms with Crippen LogP contribution in [0.4, 0.5) is 17.1 Å². The summed E-state index contributed by atoms with van der Waals surface area (Å²) in [4.78, 5) is 44.5. The van der Waals surface area contributed by atoms with E-state index in [0.717, 1.165) is 24.8 Å². The van der Waals surface area contributed by atoms with E-state index >= 15 is 0 Å². The van der Waals surface area contributed by atoms with Gasteiger partial charge >= 0.3 is 0 Å². The van der Waals surface area contributed by atoms with Crippen molar-refractivity contribution in [3.63, 3.8) is 0 Å². The first-order valence-corrected chi connectivity index (χ1v) is 14.4. The van der Waals surface area contributed by atoms with E-state index in [2.05, 4.69) is 20.6 Å². The maximum absolute atomic E-state index is 12.5. The van der Waals surface area contributed by atoms with Gasteiger partial charge in [0, 0.05) is 11.8 Å². The summed E-state index contributed by atoms with van der Waals surface area (Å²) in [5.41, 5.74) is 2.35. The molecule has 0 radical (unpaired) electrons. The lowest BCUT2D eigenvalue weighted by Crippen LogP contribution is -2.15. The third-order valence-corrected chi connectivity index (χ3v) is 9.30. The maximum atomic E-state index is 12.5. The van der Waals surface area contributed by atoms with Gasteiger partial charge in [-0.05, 0) is 36.4 Å². The second-order valence-electron chi connectivity index (χ2n) is 7.56. The van der Waals surface area contributed by atoms with Gasteiger partial charge in [0.05, 0.1) is 36.9 Å². The number of anilines is 2. The number of hydrogen-bond acceptors (Lipinski definition) is 10. The molecule has 5 aromatic rings. The Labute approximate surface area is 226 Å². The van der Waals surface area contributed by atoms with E-state index in [1.165, 1.54) is 47.0 Å². The second kappa shape index (κ2) is 11.3. The number of carbonyl (C=O) groups is 2. The lowest BCUT2D eigenvalue weighted by Gasteiger charge is -2.04. The van der Waals surface area contributed by atoms with Crippen LogP contribution < -0.4 is 10.6 Å². The Morgan fingerprint density at radius 3 is 2.16 bits per heavy atom. The summed E-state index contributed by atoms with van der Waals surface area (Å²) in [5.74, 6) is -0.194. The highest BCUT2D eigenvalue weighted by atomic mass is 32.2. The number of carbonyl (C=O) groups excluding carboxylic acids is 2. The molecule has 2 amide bonds. The summed E-state index contributed by atoms with van der Waals surface area (Å²) in [6.07, 6.45) is 0. The van der Waals surface area contributed by atoms with Crippen LogP contribution in [0.3, 0.4) is 0 Å². The molecule has 0 aliphatic heterocycles. The molecule has 2 heterocycles. The van der Waals surface area contributed by atoms with Crippen LogP contribution >= 0.6 is 46.2 Å². The van der Waals surface area contributed by atoms with Crippen molar-refractivity contribution in [1.82, 2.24) is 9.97 Å². The quantitative estimate of drug-likeness (QED) is 0.121. The van der Waals surface area contributed by atoms with Gasteiger partial charge in [0.1, 0.15) is 5.69 Å². The number of nitrogens with zero attached hydrogens (tertiary/aromatic N) is 3. The molecule has 2 N–H and O–H groups in total. The zero-order valence-corrected chi connectivity index (χ0v) is 22.1.